The minimum Gasteiger partial charge on any atom is -0.314 e. The Morgan fingerprint density at radius 2 is 0.739 bits per heavy atom. The van der Waals surface area contributed by atoms with Crippen molar-refractivity contribution >= 4 is 60.0 Å². The van der Waals surface area contributed by atoms with Gasteiger partial charge in [-0.25, -0.2) is 0 Å². The predicted molar refractivity (Wildman–Crippen MR) is 209 cm³/mol. The number of rotatable bonds is 8. The maximum absolute atomic E-state index is 15.9. The van der Waals surface area contributed by atoms with E-state index in [1.165, 1.54) is 21.2 Å². The van der Waals surface area contributed by atoms with Gasteiger partial charge in [0.2, 0.25) is 0 Å². The molecule has 0 bridgehead atoms. The highest BCUT2D eigenvalue weighted by molar-refractivity contribution is 8.37. The molecule has 1 fully saturated rings. The summed E-state index contributed by atoms with van der Waals surface area (Å²) in [7, 11) is -6.76. The summed E-state index contributed by atoms with van der Waals surface area (Å²) in [5.74, 6) is 0. The average molecular weight is 654 g/mol. The van der Waals surface area contributed by atoms with Crippen LogP contribution in [0.25, 0.3) is 0 Å². The zero-order chi connectivity index (χ0) is 31.5. The highest BCUT2D eigenvalue weighted by Gasteiger charge is 2.62. The number of hydrogen-bond acceptors (Lipinski definition) is 1. The van der Waals surface area contributed by atoms with Crippen LogP contribution in [0.3, 0.4) is 0 Å². The fourth-order valence-electron chi connectivity index (χ4n) is 8.76. The largest absolute Gasteiger partial charge is 0.315 e. The lowest BCUT2D eigenvalue weighted by molar-refractivity contribution is 0.479. The third-order valence-corrected chi connectivity index (χ3v) is 27.8. The Hall–Kier alpha value is -3.53. The van der Waals surface area contributed by atoms with Crippen LogP contribution in [0.4, 0.5) is 0 Å². The highest BCUT2D eigenvalue weighted by Crippen LogP contribution is 2.78. The molecule has 0 aliphatic carbocycles. The van der Waals surface area contributed by atoms with Gasteiger partial charge in [0.05, 0.1) is 21.2 Å². The van der Waals surface area contributed by atoms with Crippen LogP contribution in [0.2, 0.25) is 0 Å². The normalized spacial score (nSPS) is 16.8. The van der Waals surface area contributed by atoms with Gasteiger partial charge >= 0.3 is 6.72 Å². The Morgan fingerprint density at radius 1 is 0.478 bits per heavy atom. The molecular formula is C41H41BOP3+. The summed E-state index contributed by atoms with van der Waals surface area (Å²) in [6.07, 6.45) is 2.82. The molecule has 0 N–H and O–H groups in total. The summed E-state index contributed by atoms with van der Waals surface area (Å²) in [5, 5.41) is 7.98. The van der Waals surface area contributed by atoms with Crippen molar-refractivity contribution in [3.05, 3.63) is 182 Å². The van der Waals surface area contributed by atoms with Crippen molar-refractivity contribution in [3.63, 3.8) is 0 Å². The van der Waals surface area contributed by atoms with Crippen LogP contribution in [-0.2, 0) is 4.57 Å². The van der Waals surface area contributed by atoms with Gasteiger partial charge in [-0.15, -0.1) is 0 Å². The van der Waals surface area contributed by atoms with Crippen molar-refractivity contribution in [1.29, 1.82) is 0 Å². The molecule has 5 heteroatoms. The van der Waals surface area contributed by atoms with Crippen molar-refractivity contribution < 1.29 is 4.57 Å². The maximum Gasteiger partial charge on any atom is 0.315 e. The molecule has 46 heavy (non-hydrogen) atoms. The first kappa shape index (κ1) is 31.1. The number of benzene rings is 6. The zero-order valence-electron chi connectivity index (χ0n) is 26.7. The van der Waals surface area contributed by atoms with Crippen molar-refractivity contribution in [3.8, 4) is 0 Å². The van der Waals surface area contributed by atoms with Crippen molar-refractivity contribution in [1.82, 2.24) is 0 Å². The second-order valence-electron chi connectivity index (χ2n) is 13.6. The molecule has 1 nitrogen and oxygen atoms in total. The Morgan fingerprint density at radius 3 is 1.02 bits per heavy atom. The molecule has 1 heterocycles. The van der Waals surface area contributed by atoms with E-state index in [1.807, 2.05) is 12.1 Å². The standard InChI is InChI=1S/C41H41BOP3/c1-41(34-46(43,39-28-16-6-17-29-39)40-30-18-7-19-31-40)32-44(35-20-8-2-9-21-35,36-22-10-3-11-23-36)42-45(33-41,37-24-12-4-13-25-37)38-26-14-5-15-27-38/h2-31H,32-34,42H2,1H3/q+1. The van der Waals surface area contributed by atoms with E-state index in [0.29, 0.717) is 6.16 Å². The SMILES string of the molecule is CC1(CP(=O)(c2ccccc2)c2ccccc2)C[P+](c2ccccc2)(c2ccccc2)[BH2-][P+](c2ccccc2)(c2ccccc2)C1. The van der Waals surface area contributed by atoms with Gasteiger partial charge in [-0.2, -0.15) is 0 Å². The third-order valence-electron chi connectivity index (χ3n) is 10.3. The van der Waals surface area contributed by atoms with Crippen molar-refractivity contribution in [2.75, 3.05) is 18.5 Å². The van der Waals surface area contributed by atoms with E-state index in [-0.39, 0.29) is 5.41 Å². The monoisotopic (exact) mass is 653 g/mol. The quantitative estimate of drug-likeness (QED) is 0.124. The molecule has 6 aromatic carbocycles. The molecule has 0 spiro atoms. The highest BCUT2D eigenvalue weighted by atomic mass is 31.2. The van der Waals surface area contributed by atoms with Crippen molar-refractivity contribution in [2.24, 2.45) is 5.41 Å². The first-order chi connectivity index (χ1) is 22.5. The minimum atomic E-state index is -2.99. The van der Waals surface area contributed by atoms with Crippen LogP contribution < -0.4 is 31.8 Å². The van der Waals surface area contributed by atoms with E-state index in [2.05, 4.69) is 177 Å². The second-order valence-corrected chi connectivity index (χ2v) is 25.5. The molecule has 1 aliphatic heterocycles. The van der Waals surface area contributed by atoms with Gasteiger partial charge in [-0.05, 0) is 62.8 Å². The topological polar surface area (TPSA) is 17.1 Å². The van der Waals surface area contributed by atoms with E-state index in [9.17, 15) is 0 Å². The molecule has 6 aromatic rings. The van der Waals surface area contributed by atoms with Gasteiger partial charge in [-0.3, -0.25) is 0 Å². The molecule has 228 valence electrons. The Balaban J connectivity index is 1.52. The van der Waals surface area contributed by atoms with Crippen LogP contribution in [0.1, 0.15) is 6.92 Å². The molecule has 1 saturated heterocycles. The van der Waals surface area contributed by atoms with Crippen LogP contribution >= 0.6 is 21.4 Å². The minimum absolute atomic E-state index is 0.179. The Labute approximate surface area is 276 Å². The molecule has 0 saturated carbocycles. The van der Waals surface area contributed by atoms with Crippen molar-refractivity contribution in [2.45, 2.75) is 6.92 Å². The van der Waals surface area contributed by atoms with Crippen LogP contribution in [0, 0.1) is 5.41 Å². The molecule has 0 unspecified atom stereocenters. The summed E-state index contributed by atoms with van der Waals surface area (Å²) in [4.78, 5) is 0. The summed E-state index contributed by atoms with van der Waals surface area (Å²) in [6.45, 7) is 1.91. The lowest BCUT2D eigenvalue weighted by Gasteiger charge is -2.52. The molecule has 0 aromatic heterocycles. The van der Waals surface area contributed by atoms with Crippen LogP contribution in [-0.4, -0.2) is 25.2 Å². The van der Waals surface area contributed by atoms with E-state index in [4.69, 9.17) is 0 Å². The molecule has 7 rings (SSSR count). The summed E-state index contributed by atoms with van der Waals surface area (Å²) in [5.41, 5.74) is -0.179. The second kappa shape index (κ2) is 12.9. The molecule has 0 amide bonds. The van der Waals surface area contributed by atoms with Crippen LogP contribution in [0.15, 0.2) is 182 Å². The molecular weight excluding hydrogens is 612 g/mol. The Kier molecular flexibility index (Phi) is 8.74. The van der Waals surface area contributed by atoms with Gasteiger partial charge in [-0.1, -0.05) is 140 Å². The smallest absolute Gasteiger partial charge is 0.314 e. The van der Waals surface area contributed by atoms with Gasteiger partial charge < -0.3 is 4.57 Å². The summed E-state index contributed by atoms with van der Waals surface area (Å²) in [6, 6.07) is 66.5. The lowest BCUT2D eigenvalue weighted by Crippen LogP contribution is -2.50. The summed E-state index contributed by atoms with van der Waals surface area (Å²) < 4.78 is 15.9. The average Bonchev–Trinajstić information content (AvgIpc) is 3.13. The molecule has 1 aliphatic rings. The van der Waals surface area contributed by atoms with Gasteiger partial charge in [0.15, 0.2) is 0 Å². The van der Waals surface area contributed by atoms with E-state index >= 15 is 4.57 Å². The fourth-order valence-corrected chi connectivity index (χ4v) is 30.2. The zero-order valence-corrected chi connectivity index (χ0v) is 29.4. The van der Waals surface area contributed by atoms with Gasteiger partial charge in [0.1, 0.15) is 7.14 Å². The van der Waals surface area contributed by atoms with Gasteiger partial charge in [0, 0.05) is 34.5 Å². The lowest BCUT2D eigenvalue weighted by atomic mass is 9.99. The van der Waals surface area contributed by atoms with E-state index in [1.54, 1.807) is 0 Å². The maximum atomic E-state index is 15.9. The molecule has 0 radical (unpaired) electrons. The molecule has 0 atom stereocenters. The third kappa shape index (κ3) is 5.78. The Bertz CT molecular complexity index is 1710. The summed E-state index contributed by atoms with van der Waals surface area (Å²) >= 11 is 0. The van der Waals surface area contributed by atoms with Crippen LogP contribution in [0.5, 0.6) is 0 Å². The first-order valence-corrected chi connectivity index (χ1v) is 23.1. The van der Waals surface area contributed by atoms with Gasteiger partial charge in [0.25, 0.3) is 0 Å². The predicted octanol–water partition coefficient (Wildman–Crippen LogP) is 7.36. The fraction of sp³-hybridized carbons (Fsp3) is 0.122. The van der Waals surface area contributed by atoms with E-state index in [0.717, 1.165) is 22.9 Å². The number of hydrogen-bond donors (Lipinski definition) is 0. The first-order valence-electron chi connectivity index (χ1n) is 16.4. The van der Waals surface area contributed by atoms with E-state index < -0.39 is 28.1 Å².